The van der Waals surface area contributed by atoms with E-state index in [1.54, 1.807) is 30.3 Å². The predicted octanol–water partition coefficient (Wildman–Crippen LogP) is 4.96. The fourth-order valence-corrected chi connectivity index (χ4v) is 3.04. The first-order chi connectivity index (χ1) is 13.4. The number of hydrogen-bond acceptors (Lipinski definition) is 3. The summed E-state index contributed by atoms with van der Waals surface area (Å²) in [5, 5.41) is 6.53. The van der Waals surface area contributed by atoms with Gasteiger partial charge in [-0.1, -0.05) is 37.6 Å². The molecule has 0 fully saturated rings. The van der Waals surface area contributed by atoms with E-state index in [1.165, 1.54) is 0 Å². The maximum atomic E-state index is 12.7. The van der Waals surface area contributed by atoms with E-state index in [1.807, 2.05) is 24.0 Å². The Morgan fingerprint density at radius 3 is 2.36 bits per heavy atom. The predicted molar refractivity (Wildman–Crippen MR) is 116 cm³/mol. The van der Waals surface area contributed by atoms with Crippen LogP contribution >= 0.6 is 11.6 Å². The minimum Gasteiger partial charge on any atom is -0.376 e. The third-order valence-electron chi connectivity index (χ3n) is 4.29. The highest BCUT2D eigenvalue weighted by Gasteiger charge is 2.15. The maximum Gasteiger partial charge on any atom is 0.253 e. The summed E-state index contributed by atoms with van der Waals surface area (Å²) in [4.78, 5) is 26.8. The lowest BCUT2D eigenvalue weighted by atomic mass is 10.1. The van der Waals surface area contributed by atoms with Crippen molar-refractivity contribution < 1.29 is 9.59 Å². The van der Waals surface area contributed by atoms with Gasteiger partial charge in [-0.3, -0.25) is 9.59 Å². The molecule has 0 aliphatic carbocycles. The second-order valence-corrected chi connectivity index (χ2v) is 7.15. The molecule has 0 saturated heterocycles. The number of halogens is 1. The van der Waals surface area contributed by atoms with E-state index < -0.39 is 0 Å². The summed E-state index contributed by atoms with van der Waals surface area (Å²) < 4.78 is 0. The number of benzene rings is 2. The first-order valence-electron chi connectivity index (χ1n) is 9.63. The van der Waals surface area contributed by atoms with Crippen LogP contribution in [0.25, 0.3) is 0 Å². The standard InChI is InChI=1S/C22H28ClN3O2/c1-4-11-26(12-5-2)22(28)17-7-6-8-19(13-17)25-21(27)15-24-18-10-9-16(3)20(23)14-18/h6-10,13-14,24H,4-5,11-12,15H2,1-3H3,(H,25,27). The van der Waals surface area contributed by atoms with Gasteiger partial charge >= 0.3 is 0 Å². The van der Waals surface area contributed by atoms with Gasteiger partial charge in [-0.15, -0.1) is 0 Å². The fourth-order valence-electron chi connectivity index (χ4n) is 2.86. The van der Waals surface area contributed by atoms with Gasteiger partial charge in [0, 0.05) is 35.1 Å². The number of carbonyl (C=O) groups is 2. The van der Waals surface area contributed by atoms with Gasteiger partial charge in [-0.05, 0) is 55.7 Å². The van der Waals surface area contributed by atoms with Crippen molar-refractivity contribution in [3.8, 4) is 0 Å². The third kappa shape index (κ3) is 6.27. The number of carbonyl (C=O) groups excluding carboxylic acids is 2. The lowest BCUT2D eigenvalue weighted by Crippen LogP contribution is -2.32. The summed E-state index contributed by atoms with van der Waals surface area (Å²) >= 11 is 6.10. The lowest BCUT2D eigenvalue weighted by molar-refractivity contribution is -0.114. The first kappa shape index (κ1) is 21.8. The van der Waals surface area contributed by atoms with Crippen LogP contribution in [-0.2, 0) is 4.79 Å². The van der Waals surface area contributed by atoms with Crippen LogP contribution in [-0.4, -0.2) is 36.3 Å². The summed E-state index contributed by atoms with van der Waals surface area (Å²) in [5.74, 6) is -0.201. The van der Waals surface area contributed by atoms with Crippen molar-refractivity contribution >= 4 is 34.8 Å². The molecule has 0 bridgehead atoms. The zero-order valence-electron chi connectivity index (χ0n) is 16.7. The number of aryl methyl sites for hydroxylation is 1. The molecule has 2 N–H and O–H groups in total. The van der Waals surface area contributed by atoms with Gasteiger partial charge in [0.2, 0.25) is 5.91 Å². The normalized spacial score (nSPS) is 10.4. The maximum absolute atomic E-state index is 12.7. The molecule has 0 aliphatic rings. The van der Waals surface area contributed by atoms with Crippen molar-refractivity contribution in [3.63, 3.8) is 0 Å². The van der Waals surface area contributed by atoms with Crippen LogP contribution in [0.15, 0.2) is 42.5 Å². The molecule has 2 amide bonds. The van der Waals surface area contributed by atoms with Gasteiger partial charge in [0.05, 0.1) is 6.54 Å². The molecule has 0 radical (unpaired) electrons. The molecule has 0 aliphatic heterocycles. The molecule has 0 atom stereocenters. The van der Waals surface area contributed by atoms with E-state index in [9.17, 15) is 9.59 Å². The van der Waals surface area contributed by atoms with E-state index in [0.29, 0.717) is 16.3 Å². The highest BCUT2D eigenvalue weighted by Crippen LogP contribution is 2.20. The molecule has 0 aromatic heterocycles. The monoisotopic (exact) mass is 401 g/mol. The van der Waals surface area contributed by atoms with Crippen LogP contribution < -0.4 is 10.6 Å². The average molecular weight is 402 g/mol. The Balaban J connectivity index is 1.98. The molecule has 0 saturated carbocycles. The van der Waals surface area contributed by atoms with Gasteiger partial charge in [-0.25, -0.2) is 0 Å². The quantitative estimate of drug-likeness (QED) is 0.624. The first-order valence-corrected chi connectivity index (χ1v) is 10.0. The molecule has 0 unspecified atom stereocenters. The number of nitrogens with zero attached hydrogens (tertiary/aromatic N) is 1. The van der Waals surface area contributed by atoms with Crippen LogP contribution in [0.2, 0.25) is 5.02 Å². The van der Waals surface area contributed by atoms with E-state index in [0.717, 1.165) is 37.2 Å². The second kappa shape index (κ2) is 10.7. The Bertz CT molecular complexity index is 817. The van der Waals surface area contributed by atoms with Crippen LogP contribution in [0.4, 0.5) is 11.4 Å². The Morgan fingerprint density at radius 1 is 1.00 bits per heavy atom. The zero-order valence-corrected chi connectivity index (χ0v) is 17.5. The number of hydrogen-bond donors (Lipinski definition) is 2. The minimum atomic E-state index is -0.194. The molecular weight excluding hydrogens is 374 g/mol. The smallest absolute Gasteiger partial charge is 0.253 e. The third-order valence-corrected chi connectivity index (χ3v) is 4.70. The topological polar surface area (TPSA) is 61.4 Å². The van der Waals surface area contributed by atoms with Crippen molar-refractivity contribution in [2.45, 2.75) is 33.6 Å². The number of rotatable bonds is 9. The Hall–Kier alpha value is -2.53. The van der Waals surface area contributed by atoms with E-state index in [4.69, 9.17) is 11.6 Å². The van der Waals surface area contributed by atoms with Crippen molar-refractivity contribution in [2.75, 3.05) is 30.3 Å². The fraction of sp³-hybridized carbons (Fsp3) is 0.364. The highest BCUT2D eigenvalue weighted by atomic mass is 35.5. The molecule has 28 heavy (non-hydrogen) atoms. The molecule has 2 rings (SSSR count). The largest absolute Gasteiger partial charge is 0.376 e. The average Bonchev–Trinajstić information content (AvgIpc) is 2.68. The van der Waals surface area contributed by atoms with Crippen molar-refractivity contribution in [1.29, 1.82) is 0 Å². The summed E-state index contributed by atoms with van der Waals surface area (Å²) in [6.45, 7) is 7.60. The summed E-state index contributed by atoms with van der Waals surface area (Å²) in [6, 6.07) is 12.6. The Morgan fingerprint density at radius 2 is 1.71 bits per heavy atom. The molecule has 2 aromatic carbocycles. The molecular formula is C22H28ClN3O2. The Labute approximate surface area is 172 Å². The van der Waals surface area contributed by atoms with Gasteiger partial charge in [0.1, 0.15) is 0 Å². The molecule has 6 heteroatoms. The van der Waals surface area contributed by atoms with Crippen LogP contribution in [0, 0.1) is 6.92 Å². The van der Waals surface area contributed by atoms with Crippen molar-refractivity contribution in [2.24, 2.45) is 0 Å². The molecule has 150 valence electrons. The van der Waals surface area contributed by atoms with Crippen molar-refractivity contribution in [1.82, 2.24) is 4.90 Å². The second-order valence-electron chi connectivity index (χ2n) is 6.74. The summed E-state index contributed by atoms with van der Waals surface area (Å²) in [5.41, 5.74) is 2.95. The van der Waals surface area contributed by atoms with E-state index in [2.05, 4.69) is 24.5 Å². The van der Waals surface area contributed by atoms with E-state index >= 15 is 0 Å². The Kier molecular flexibility index (Phi) is 8.33. The van der Waals surface area contributed by atoms with Gasteiger partial charge in [0.15, 0.2) is 0 Å². The highest BCUT2D eigenvalue weighted by molar-refractivity contribution is 6.31. The zero-order chi connectivity index (χ0) is 20.5. The SMILES string of the molecule is CCCN(CCC)C(=O)c1cccc(NC(=O)CNc2ccc(C)c(Cl)c2)c1. The lowest BCUT2D eigenvalue weighted by Gasteiger charge is -2.21. The van der Waals surface area contributed by atoms with Gasteiger partial charge in [-0.2, -0.15) is 0 Å². The number of nitrogens with one attached hydrogen (secondary N) is 2. The number of amides is 2. The molecule has 5 nitrogen and oxygen atoms in total. The minimum absolute atomic E-state index is 0.00720. The van der Waals surface area contributed by atoms with Crippen LogP contribution in [0.3, 0.4) is 0 Å². The molecule has 0 heterocycles. The number of anilines is 2. The van der Waals surface area contributed by atoms with E-state index in [-0.39, 0.29) is 18.4 Å². The van der Waals surface area contributed by atoms with Crippen molar-refractivity contribution in [3.05, 3.63) is 58.6 Å². The van der Waals surface area contributed by atoms with Gasteiger partial charge < -0.3 is 15.5 Å². The van der Waals surface area contributed by atoms with Crippen LogP contribution in [0.1, 0.15) is 42.6 Å². The summed E-state index contributed by atoms with van der Waals surface area (Å²) in [6.07, 6.45) is 1.83. The molecule has 0 spiro atoms. The van der Waals surface area contributed by atoms with Gasteiger partial charge in [0.25, 0.3) is 5.91 Å². The summed E-state index contributed by atoms with van der Waals surface area (Å²) in [7, 11) is 0. The molecule has 2 aromatic rings. The van der Waals surface area contributed by atoms with Crippen LogP contribution in [0.5, 0.6) is 0 Å².